The SMILES string of the molecule is COc1nn(C)cc1C(=O)NS1(=O)=NC(=O)c2ccc3c(c2)N(C[C@@H]2CC[C@H]2[C@@H](OC(=O)CN(C)C(=O)CNC(C)(C)C)/C=C/C[C@H](C)[C@H]1C)C[C@@]1(CCCc2cc(Cl)ccc21)CO3. The molecule has 4 aliphatic rings. The Balaban J connectivity index is 1.28. The lowest BCUT2D eigenvalue weighted by molar-refractivity contribution is -0.155. The number of fused-ring (bicyclic) bond motifs is 4. The number of ether oxygens (including phenoxy) is 3. The van der Waals surface area contributed by atoms with Gasteiger partial charge in [-0.15, -0.1) is 9.46 Å². The third kappa shape index (κ3) is 10.3. The summed E-state index contributed by atoms with van der Waals surface area (Å²) in [4.78, 5) is 58.5. The van der Waals surface area contributed by atoms with E-state index in [0.717, 1.165) is 32.1 Å². The van der Waals surface area contributed by atoms with Crippen LogP contribution in [-0.2, 0) is 43.1 Å². The van der Waals surface area contributed by atoms with Gasteiger partial charge in [-0.2, -0.15) is 0 Å². The molecule has 0 saturated heterocycles. The fraction of sp³-hybridized carbons (Fsp3) is 0.553. The standard InChI is InChI=1S/C47H62ClN7O8S/c1-29-11-9-13-39(63-42(57)26-53(6)41(56)23-49-46(3,4)5)35-17-14-33(35)24-55-27-47(20-10-12-31-21-34(48)16-18-37(31)47)28-62-40-19-15-32(22-38(40)55)43(58)51-64(60,30(29)2)52-44(59)36-25-54(7)50-45(36)61-8/h9,13,15-16,18-19,21-22,25,29-30,33,35,39,49H,10-12,14,17,20,23-24,26-28H2,1-8H3,(H,51,52,58,59,60)/b13-9+/t29-,30+,33-,35+,39-,47-,64?/m0/s1. The van der Waals surface area contributed by atoms with Crippen LogP contribution in [0.15, 0.2) is 59.1 Å². The fourth-order valence-corrected chi connectivity index (χ4v) is 11.3. The van der Waals surface area contributed by atoms with Crippen LogP contribution in [0.2, 0.25) is 5.02 Å². The molecule has 1 fully saturated rings. The number of anilines is 1. The number of aromatic nitrogens is 2. The third-order valence-electron chi connectivity index (χ3n) is 13.3. The maximum atomic E-state index is 15.2. The van der Waals surface area contributed by atoms with Crippen LogP contribution >= 0.6 is 11.6 Å². The molecule has 3 heterocycles. The second kappa shape index (κ2) is 18.9. The number of likely N-dealkylation sites (N-methyl/N-ethyl adjacent to an activating group) is 1. The van der Waals surface area contributed by atoms with Crippen LogP contribution in [0.25, 0.3) is 0 Å². The van der Waals surface area contributed by atoms with E-state index in [2.05, 4.69) is 30.5 Å². The van der Waals surface area contributed by atoms with Crippen LogP contribution in [-0.4, -0.2) is 106 Å². The van der Waals surface area contributed by atoms with Gasteiger partial charge in [0.2, 0.25) is 11.8 Å². The molecule has 0 radical (unpaired) electrons. The van der Waals surface area contributed by atoms with Crippen LogP contribution in [0.1, 0.15) is 98.6 Å². The highest BCUT2D eigenvalue weighted by atomic mass is 35.5. The van der Waals surface area contributed by atoms with Crippen LogP contribution in [0.4, 0.5) is 5.69 Å². The zero-order chi connectivity index (χ0) is 46.1. The van der Waals surface area contributed by atoms with Crippen LogP contribution < -0.4 is 24.4 Å². The maximum Gasteiger partial charge on any atom is 0.326 e. The monoisotopic (exact) mass is 919 g/mol. The Hall–Kier alpha value is -4.93. The number of esters is 1. The average molecular weight is 921 g/mol. The molecule has 2 aliphatic carbocycles. The van der Waals surface area contributed by atoms with Gasteiger partial charge in [0.05, 0.1) is 31.2 Å². The molecule has 1 saturated carbocycles. The molecule has 64 heavy (non-hydrogen) atoms. The van der Waals surface area contributed by atoms with Crippen molar-refractivity contribution in [1.29, 1.82) is 0 Å². The summed E-state index contributed by atoms with van der Waals surface area (Å²) in [7, 11) is 0.785. The zero-order valence-electron chi connectivity index (χ0n) is 38.1. The van der Waals surface area contributed by atoms with Gasteiger partial charge in [0.25, 0.3) is 11.8 Å². The Kier molecular flexibility index (Phi) is 13.9. The maximum absolute atomic E-state index is 15.2. The fourth-order valence-electron chi connectivity index (χ4n) is 9.27. The van der Waals surface area contributed by atoms with Crippen molar-refractivity contribution in [2.24, 2.45) is 29.2 Å². The van der Waals surface area contributed by atoms with Crippen molar-refractivity contribution < 1.29 is 37.6 Å². The molecule has 17 heteroatoms. The number of hydrogen-bond acceptors (Lipinski definition) is 11. The second-order valence-corrected chi connectivity index (χ2v) is 21.8. The van der Waals surface area contributed by atoms with E-state index >= 15 is 4.21 Å². The molecule has 7 atom stereocenters. The molecule has 1 unspecified atom stereocenters. The zero-order valence-corrected chi connectivity index (χ0v) is 39.7. The number of allylic oxidation sites excluding steroid dienone is 1. The molecular formula is C47H62ClN7O8S. The number of hydrogen-bond donors (Lipinski definition) is 2. The summed E-state index contributed by atoms with van der Waals surface area (Å²) in [5, 5.41) is 7.20. The molecule has 7 rings (SSSR count). The summed E-state index contributed by atoms with van der Waals surface area (Å²) in [6.07, 6.45) is 9.43. The molecule has 2 N–H and O–H groups in total. The van der Waals surface area contributed by atoms with Gasteiger partial charge < -0.3 is 29.3 Å². The van der Waals surface area contributed by atoms with E-state index in [4.69, 9.17) is 25.8 Å². The Morgan fingerprint density at radius 3 is 2.62 bits per heavy atom. The number of nitrogens with zero attached hydrogens (tertiary/aromatic N) is 5. The minimum Gasteiger partial charge on any atom is -0.490 e. The van der Waals surface area contributed by atoms with E-state index in [1.54, 1.807) is 39.2 Å². The number of benzene rings is 2. The first-order valence-electron chi connectivity index (χ1n) is 22.1. The van der Waals surface area contributed by atoms with E-state index in [9.17, 15) is 19.2 Å². The summed E-state index contributed by atoms with van der Waals surface area (Å²) in [6, 6.07) is 11.2. The molecule has 3 amide bonds. The van der Waals surface area contributed by atoms with Crippen LogP contribution in [0.5, 0.6) is 11.6 Å². The summed E-state index contributed by atoms with van der Waals surface area (Å²) in [5.41, 5.74) is 2.64. The van der Waals surface area contributed by atoms with Gasteiger partial charge in [0, 0.05) is 60.8 Å². The van der Waals surface area contributed by atoms with E-state index in [0.29, 0.717) is 42.6 Å². The molecule has 2 aliphatic heterocycles. The molecule has 346 valence electrons. The predicted molar refractivity (Wildman–Crippen MR) is 246 cm³/mol. The first-order valence-corrected chi connectivity index (χ1v) is 24.1. The van der Waals surface area contributed by atoms with E-state index in [1.807, 2.05) is 52.0 Å². The number of aryl methyl sites for hydroxylation is 2. The minimum absolute atomic E-state index is 0.0329. The van der Waals surface area contributed by atoms with E-state index in [1.165, 1.54) is 34.0 Å². The molecule has 1 spiro atoms. The Labute approximate surface area is 381 Å². The number of amides is 3. The van der Waals surface area contributed by atoms with Crippen molar-refractivity contribution in [1.82, 2.24) is 24.7 Å². The Morgan fingerprint density at radius 1 is 1.12 bits per heavy atom. The largest absolute Gasteiger partial charge is 0.490 e. The van der Waals surface area contributed by atoms with Crippen molar-refractivity contribution in [3.05, 3.63) is 82.0 Å². The van der Waals surface area contributed by atoms with Gasteiger partial charge in [-0.25, -0.2) is 4.21 Å². The van der Waals surface area contributed by atoms with Gasteiger partial charge >= 0.3 is 5.97 Å². The summed E-state index contributed by atoms with van der Waals surface area (Å²) < 4.78 is 41.9. The van der Waals surface area contributed by atoms with E-state index in [-0.39, 0.29) is 59.3 Å². The number of methoxy groups -OCH3 is 1. The lowest BCUT2D eigenvalue weighted by Crippen LogP contribution is -2.50. The van der Waals surface area contributed by atoms with Crippen molar-refractivity contribution in [2.75, 3.05) is 51.8 Å². The van der Waals surface area contributed by atoms with Crippen LogP contribution in [0.3, 0.4) is 0 Å². The summed E-state index contributed by atoms with van der Waals surface area (Å²) >= 11 is 6.51. The molecule has 1 aromatic heterocycles. The predicted octanol–water partition coefficient (Wildman–Crippen LogP) is 6.28. The number of rotatable bonds is 8. The average Bonchev–Trinajstić information content (AvgIpc) is 3.55. The molecule has 2 aromatic carbocycles. The highest BCUT2D eigenvalue weighted by molar-refractivity contribution is 7.93. The van der Waals surface area contributed by atoms with Gasteiger partial charge in [-0.1, -0.05) is 30.7 Å². The van der Waals surface area contributed by atoms with Crippen molar-refractivity contribution in [3.8, 4) is 11.6 Å². The quantitative estimate of drug-likeness (QED) is 0.193. The topological polar surface area (TPSA) is 174 Å². The second-order valence-electron chi connectivity index (χ2n) is 19.1. The molecular weight excluding hydrogens is 858 g/mol. The van der Waals surface area contributed by atoms with Crippen molar-refractivity contribution in [2.45, 2.75) is 95.5 Å². The summed E-state index contributed by atoms with van der Waals surface area (Å²) in [6.45, 7) is 10.9. The first-order chi connectivity index (χ1) is 30.3. The molecule has 2 bridgehead atoms. The number of carbonyl (C=O) groups excluding carboxylic acids is 4. The van der Waals surface area contributed by atoms with Crippen LogP contribution in [0, 0.1) is 17.8 Å². The number of carbonyl (C=O) groups is 4. The number of halogens is 1. The Bertz CT molecular complexity index is 2440. The van der Waals surface area contributed by atoms with Gasteiger partial charge in [-0.05, 0) is 126 Å². The van der Waals surface area contributed by atoms with Crippen molar-refractivity contribution >= 4 is 50.9 Å². The smallest absolute Gasteiger partial charge is 0.326 e. The minimum atomic E-state index is -3.82. The normalized spacial score (nSPS) is 27.4. The first kappa shape index (κ1) is 47.0. The Morgan fingerprint density at radius 2 is 1.91 bits per heavy atom. The van der Waals surface area contributed by atoms with Crippen molar-refractivity contribution in [3.63, 3.8) is 0 Å². The third-order valence-corrected chi connectivity index (χ3v) is 15.9. The highest BCUT2D eigenvalue weighted by Gasteiger charge is 2.45. The molecule has 3 aromatic rings. The van der Waals surface area contributed by atoms with Gasteiger partial charge in [0.15, 0.2) is 0 Å². The number of nitrogens with one attached hydrogen (secondary N) is 2. The lowest BCUT2D eigenvalue weighted by Gasteiger charge is -2.46. The van der Waals surface area contributed by atoms with Gasteiger partial charge in [-0.3, -0.25) is 28.6 Å². The highest BCUT2D eigenvalue weighted by Crippen LogP contribution is 2.47. The lowest BCUT2D eigenvalue weighted by atomic mass is 9.68. The summed E-state index contributed by atoms with van der Waals surface area (Å²) in [5.74, 6) is -1.94. The molecule has 15 nitrogen and oxygen atoms in total. The van der Waals surface area contributed by atoms with E-state index < -0.39 is 44.5 Å². The van der Waals surface area contributed by atoms with Gasteiger partial charge in [0.1, 0.15) is 33.9 Å².